The first kappa shape index (κ1) is 11.2. The molecule has 0 bridgehead atoms. The van der Waals surface area contributed by atoms with Gasteiger partial charge in [0.2, 0.25) is 0 Å². The van der Waals surface area contributed by atoms with Gasteiger partial charge in [0.25, 0.3) is 0 Å². The summed E-state index contributed by atoms with van der Waals surface area (Å²) in [6.07, 6.45) is 1.53. The summed E-state index contributed by atoms with van der Waals surface area (Å²) in [5, 5.41) is 1.36. The summed E-state index contributed by atoms with van der Waals surface area (Å²) in [5.41, 5.74) is 6.80. The molecule has 0 radical (unpaired) electrons. The van der Waals surface area contributed by atoms with E-state index in [4.69, 9.17) is 33.7 Å². The molecule has 2 rings (SSSR count). The number of nitrogens with two attached hydrogens (primary N) is 1. The Labute approximate surface area is 99.3 Å². The molecular formula is C11H13Cl2NO. The van der Waals surface area contributed by atoms with Crippen molar-refractivity contribution in [2.24, 2.45) is 5.73 Å². The van der Waals surface area contributed by atoms with Gasteiger partial charge >= 0.3 is 0 Å². The van der Waals surface area contributed by atoms with E-state index in [-0.39, 0.29) is 5.54 Å². The second-order valence-corrected chi connectivity index (χ2v) is 4.86. The van der Waals surface area contributed by atoms with Crippen molar-refractivity contribution in [3.05, 3.63) is 33.8 Å². The molecule has 0 aliphatic carbocycles. The van der Waals surface area contributed by atoms with Crippen molar-refractivity contribution in [2.75, 3.05) is 13.2 Å². The molecule has 1 fully saturated rings. The molecule has 1 aromatic carbocycles. The summed E-state index contributed by atoms with van der Waals surface area (Å²) in [5.74, 6) is 0. The fourth-order valence-corrected chi connectivity index (χ4v) is 2.35. The lowest BCUT2D eigenvalue weighted by Crippen LogP contribution is -2.42. The predicted octanol–water partition coefficient (Wildman–Crippen LogP) is 2.65. The lowest BCUT2D eigenvalue weighted by molar-refractivity contribution is 0.178. The van der Waals surface area contributed by atoms with Crippen LogP contribution in [0.4, 0.5) is 0 Å². The molecule has 15 heavy (non-hydrogen) atoms. The Hall–Kier alpha value is -0.280. The highest BCUT2D eigenvalue weighted by Gasteiger charge is 2.31. The Bertz CT molecular complexity index is 341. The van der Waals surface area contributed by atoms with Gasteiger partial charge in [-0.05, 0) is 30.5 Å². The lowest BCUT2D eigenvalue weighted by Gasteiger charge is -2.22. The number of rotatable bonds is 2. The normalized spacial score (nSPS) is 25.8. The van der Waals surface area contributed by atoms with Crippen molar-refractivity contribution < 1.29 is 4.74 Å². The smallest absolute Gasteiger partial charge is 0.0650 e. The Morgan fingerprint density at radius 2 is 2.00 bits per heavy atom. The van der Waals surface area contributed by atoms with Crippen molar-refractivity contribution in [3.8, 4) is 0 Å². The number of benzene rings is 1. The maximum atomic E-state index is 6.19. The van der Waals surface area contributed by atoms with E-state index in [0.717, 1.165) is 18.6 Å². The van der Waals surface area contributed by atoms with Crippen LogP contribution in [0.5, 0.6) is 0 Å². The van der Waals surface area contributed by atoms with Crippen LogP contribution in [-0.4, -0.2) is 18.8 Å². The van der Waals surface area contributed by atoms with E-state index in [1.165, 1.54) is 0 Å². The van der Waals surface area contributed by atoms with Gasteiger partial charge in [-0.2, -0.15) is 0 Å². The van der Waals surface area contributed by atoms with E-state index in [2.05, 4.69) is 0 Å². The number of hydrogen-bond donors (Lipinski definition) is 1. The standard InChI is InChI=1S/C11H13Cl2NO/c12-9-2-1-3-10(13)8(9)6-11(14)4-5-15-7-11/h1-3H,4-7,14H2. The molecule has 1 aliphatic heterocycles. The Morgan fingerprint density at radius 1 is 1.33 bits per heavy atom. The zero-order valence-corrected chi connectivity index (χ0v) is 9.81. The summed E-state index contributed by atoms with van der Waals surface area (Å²) < 4.78 is 5.30. The summed E-state index contributed by atoms with van der Waals surface area (Å²) in [6.45, 7) is 1.30. The fraction of sp³-hybridized carbons (Fsp3) is 0.455. The highest BCUT2D eigenvalue weighted by atomic mass is 35.5. The fourth-order valence-electron chi connectivity index (χ4n) is 1.82. The Kier molecular flexibility index (Phi) is 3.21. The van der Waals surface area contributed by atoms with Crippen molar-refractivity contribution in [3.63, 3.8) is 0 Å². The van der Waals surface area contributed by atoms with Gasteiger partial charge < -0.3 is 10.5 Å². The van der Waals surface area contributed by atoms with Crippen LogP contribution in [0.25, 0.3) is 0 Å². The molecule has 0 spiro atoms. The van der Waals surface area contributed by atoms with Crippen LogP contribution >= 0.6 is 23.2 Å². The van der Waals surface area contributed by atoms with Crippen molar-refractivity contribution in [1.29, 1.82) is 0 Å². The first-order chi connectivity index (χ1) is 7.11. The topological polar surface area (TPSA) is 35.2 Å². The monoisotopic (exact) mass is 245 g/mol. The number of ether oxygens (including phenoxy) is 1. The molecule has 82 valence electrons. The van der Waals surface area contributed by atoms with Gasteiger partial charge in [-0.1, -0.05) is 29.3 Å². The predicted molar refractivity (Wildman–Crippen MR) is 62.5 cm³/mol. The van der Waals surface area contributed by atoms with Crippen LogP contribution in [0.15, 0.2) is 18.2 Å². The van der Waals surface area contributed by atoms with Crippen LogP contribution < -0.4 is 5.73 Å². The third-order valence-corrected chi connectivity index (χ3v) is 3.43. The molecule has 1 heterocycles. The summed E-state index contributed by atoms with van der Waals surface area (Å²) >= 11 is 12.2. The van der Waals surface area contributed by atoms with Crippen LogP contribution in [0.1, 0.15) is 12.0 Å². The Morgan fingerprint density at radius 3 is 2.53 bits per heavy atom. The molecule has 1 aromatic rings. The van der Waals surface area contributed by atoms with E-state index in [0.29, 0.717) is 23.1 Å². The molecule has 1 unspecified atom stereocenters. The van der Waals surface area contributed by atoms with E-state index >= 15 is 0 Å². The third-order valence-electron chi connectivity index (χ3n) is 2.72. The van der Waals surface area contributed by atoms with Crippen LogP contribution in [0.3, 0.4) is 0 Å². The molecule has 1 saturated heterocycles. The van der Waals surface area contributed by atoms with E-state index in [1.54, 1.807) is 0 Å². The highest BCUT2D eigenvalue weighted by Crippen LogP contribution is 2.30. The summed E-state index contributed by atoms with van der Waals surface area (Å²) in [7, 11) is 0. The first-order valence-corrected chi connectivity index (χ1v) is 5.66. The molecule has 4 heteroatoms. The first-order valence-electron chi connectivity index (χ1n) is 4.90. The van der Waals surface area contributed by atoms with Crippen LogP contribution in [-0.2, 0) is 11.2 Å². The zero-order chi connectivity index (χ0) is 10.9. The average molecular weight is 246 g/mol. The quantitative estimate of drug-likeness (QED) is 0.870. The van der Waals surface area contributed by atoms with Crippen LogP contribution in [0.2, 0.25) is 10.0 Å². The van der Waals surface area contributed by atoms with Gasteiger partial charge in [0.1, 0.15) is 0 Å². The Balaban J connectivity index is 2.23. The largest absolute Gasteiger partial charge is 0.379 e. The minimum Gasteiger partial charge on any atom is -0.379 e. The van der Waals surface area contributed by atoms with Gasteiger partial charge in [-0.25, -0.2) is 0 Å². The number of halogens is 2. The molecule has 1 atom stereocenters. The zero-order valence-electron chi connectivity index (χ0n) is 8.30. The summed E-state index contributed by atoms with van der Waals surface area (Å²) in [6, 6.07) is 5.51. The molecule has 0 amide bonds. The van der Waals surface area contributed by atoms with E-state index in [1.807, 2.05) is 18.2 Å². The second kappa shape index (κ2) is 4.30. The van der Waals surface area contributed by atoms with Gasteiger partial charge in [0, 0.05) is 22.2 Å². The minimum absolute atomic E-state index is 0.311. The van der Waals surface area contributed by atoms with Crippen molar-refractivity contribution >= 4 is 23.2 Å². The van der Waals surface area contributed by atoms with Crippen molar-refractivity contribution in [1.82, 2.24) is 0 Å². The van der Waals surface area contributed by atoms with Gasteiger partial charge in [0.15, 0.2) is 0 Å². The van der Waals surface area contributed by atoms with Gasteiger partial charge in [-0.3, -0.25) is 0 Å². The maximum Gasteiger partial charge on any atom is 0.0650 e. The van der Waals surface area contributed by atoms with Crippen LogP contribution in [0, 0.1) is 0 Å². The molecule has 2 N–H and O–H groups in total. The number of hydrogen-bond acceptors (Lipinski definition) is 2. The SMILES string of the molecule is NC1(Cc2c(Cl)cccc2Cl)CCOC1. The second-order valence-electron chi connectivity index (χ2n) is 4.04. The highest BCUT2D eigenvalue weighted by molar-refractivity contribution is 6.36. The van der Waals surface area contributed by atoms with Gasteiger partial charge in [0.05, 0.1) is 6.61 Å². The lowest BCUT2D eigenvalue weighted by atomic mass is 9.91. The van der Waals surface area contributed by atoms with E-state index in [9.17, 15) is 0 Å². The average Bonchev–Trinajstić information content (AvgIpc) is 2.60. The molecular weight excluding hydrogens is 233 g/mol. The molecule has 0 aromatic heterocycles. The molecule has 1 aliphatic rings. The van der Waals surface area contributed by atoms with E-state index < -0.39 is 0 Å². The van der Waals surface area contributed by atoms with Crippen molar-refractivity contribution in [2.45, 2.75) is 18.4 Å². The summed E-state index contributed by atoms with van der Waals surface area (Å²) in [4.78, 5) is 0. The van der Waals surface area contributed by atoms with Gasteiger partial charge in [-0.15, -0.1) is 0 Å². The minimum atomic E-state index is -0.311. The third kappa shape index (κ3) is 2.45. The molecule has 0 saturated carbocycles. The maximum absolute atomic E-state index is 6.19. The molecule has 2 nitrogen and oxygen atoms in total.